The van der Waals surface area contributed by atoms with Gasteiger partial charge < -0.3 is 91.3 Å². The van der Waals surface area contributed by atoms with E-state index >= 15 is 0 Å². The predicted molar refractivity (Wildman–Crippen MR) is 484 cm³/mol. The maximum absolute atomic E-state index is 13.7. The average molecular weight is 1830 g/mol. The molecule has 33 heteroatoms. The maximum atomic E-state index is 13.7. The van der Waals surface area contributed by atoms with E-state index in [1.807, 2.05) is 110 Å². The number of unbranched alkanes of at least 4 members (excludes halogenated alkanes) is 4. The number of esters is 8. The SMILES string of the molecule is CCCC(=O)OCC(F)(F)C(F)(F)COC(=O)CCN(C)CCc1ccccn1.CCCC(=O)OCCCCOC(=O)CCN(C)CCCCCCO.CCCC(=O)OCCCOCCCOCCCOC(=O)CCN(C)CCc1ccc(OC)c(C)c1.CCCC(=O)OCCOc1ccc(C(C)(C)c2ccc(OCCOC(=O)CCN(C)CCc3cnc[nH]3)cc2)cc1. The molecule has 129 heavy (non-hydrogen) atoms. The molecule has 0 saturated heterocycles. The van der Waals surface area contributed by atoms with E-state index in [0.29, 0.717) is 163 Å². The summed E-state index contributed by atoms with van der Waals surface area (Å²) < 4.78 is 122. The highest BCUT2D eigenvalue weighted by atomic mass is 19.3. The fraction of sp³-hybridized carbons (Fsp3) is 0.646. The van der Waals surface area contributed by atoms with Crippen molar-refractivity contribution >= 4 is 47.8 Å². The number of imidazole rings is 1. The number of alkyl halides is 4. The van der Waals surface area contributed by atoms with E-state index < -0.39 is 37.0 Å². The molecule has 0 bridgehead atoms. The Labute approximate surface area is 762 Å². The second kappa shape index (κ2) is 71.4. The topological polar surface area (TPSA) is 331 Å². The molecule has 0 atom stereocenters. The first-order valence-electron chi connectivity index (χ1n) is 45.4. The lowest BCUT2D eigenvalue weighted by Gasteiger charge is -2.26. The maximum Gasteiger partial charge on any atom is 0.346 e. The molecule has 2 N–H and O–H groups in total. The first-order valence-corrected chi connectivity index (χ1v) is 45.4. The first-order chi connectivity index (χ1) is 61.9. The highest BCUT2D eigenvalue weighted by Gasteiger charge is 2.58. The van der Waals surface area contributed by atoms with Crippen molar-refractivity contribution in [3.8, 4) is 17.2 Å². The number of hydrogen-bond acceptors (Lipinski definition) is 28. The van der Waals surface area contributed by atoms with Gasteiger partial charge in [-0.05, 0) is 171 Å². The smallest absolute Gasteiger partial charge is 0.346 e. The van der Waals surface area contributed by atoms with Crippen molar-refractivity contribution < 1.29 is 123 Å². The summed E-state index contributed by atoms with van der Waals surface area (Å²) in [4.78, 5) is 112. The molecule has 5 rings (SSSR count). The normalized spacial score (nSPS) is 11.3. The van der Waals surface area contributed by atoms with Gasteiger partial charge in [0.15, 0.2) is 13.2 Å². The standard InChI is InChI=1S/C32H43N3O6.C27H45NO7.C19H26F4N2O4.C18H35NO5/c1-5-6-30(36)40-21-19-38-28-11-7-25(8-12-28)32(2,3)26-9-13-29(14-10-26)39-20-22-41-31(37)16-18-35(4)17-15-27-23-33-24-34-27;1-5-9-26(29)34-20-7-18-32-16-6-17-33-19-8-21-35-27(30)13-15-28(3)14-12-24-10-11-25(31-4)23(2)22-24;1-3-6-16(26)28-13-18(20,21)19(22,23)14-29-17(27)9-12-25(2)11-8-15-7-4-5-10-24-15;1-3-10-17(21)23-15-8-9-16-24-18(22)11-13-19(2)12-6-4-5-7-14-20/h7-14,23-24H,5-6,15-22H2,1-4H3,(H,33,34);10-11,22H,5-9,12-21H2,1-4H3;4-5,7,10H,3,6,8-9,11-14H2,1-2H3;20H,3-16H2,1-2H3. The largest absolute Gasteiger partial charge is 0.496 e. The van der Waals surface area contributed by atoms with Crippen molar-refractivity contribution in [2.24, 2.45) is 0 Å². The minimum absolute atomic E-state index is 0.144. The zero-order valence-electron chi connectivity index (χ0n) is 78.8. The number of aliphatic hydroxyl groups is 1. The zero-order valence-corrected chi connectivity index (χ0v) is 78.8. The number of hydrogen-bond donors (Lipinski definition) is 2. The van der Waals surface area contributed by atoms with Crippen molar-refractivity contribution in [1.29, 1.82) is 0 Å². The van der Waals surface area contributed by atoms with Crippen LogP contribution in [0.25, 0.3) is 0 Å². The Hall–Kier alpha value is -9.38. The molecule has 5 aromatic rings. The molecule has 0 spiro atoms. The lowest BCUT2D eigenvalue weighted by Crippen LogP contribution is -2.48. The van der Waals surface area contributed by atoms with Crippen molar-refractivity contribution in [3.05, 3.63) is 137 Å². The number of aliphatic hydroxyl groups excluding tert-OH is 1. The van der Waals surface area contributed by atoms with Crippen LogP contribution in [0.4, 0.5) is 17.6 Å². The van der Waals surface area contributed by atoms with Gasteiger partial charge in [0.2, 0.25) is 0 Å². The van der Waals surface area contributed by atoms with Crippen LogP contribution in [0.15, 0.2) is 104 Å². The van der Waals surface area contributed by atoms with Gasteiger partial charge in [-0.15, -0.1) is 0 Å². The fourth-order valence-corrected chi connectivity index (χ4v) is 11.8. The third-order valence-corrected chi connectivity index (χ3v) is 19.9. The van der Waals surface area contributed by atoms with Gasteiger partial charge in [0.25, 0.3) is 0 Å². The molecule has 0 aliphatic rings. The van der Waals surface area contributed by atoms with Gasteiger partial charge in [-0.2, -0.15) is 17.6 Å². The third kappa shape index (κ3) is 58.1. The number of nitrogens with one attached hydrogen (secondary N) is 1. The molecule has 0 unspecified atom stereocenters. The number of benzene rings is 3. The quantitative estimate of drug-likeness (QED) is 0.0158. The number of H-pyrrole nitrogens is 1. The summed E-state index contributed by atoms with van der Waals surface area (Å²) in [7, 11) is 9.41. The van der Waals surface area contributed by atoms with E-state index in [2.05, 4.69) is 77.2 Å². The minimum Gasteiger partial charge on any atom is -0.496 e. The summed E-state index contributed by atoms with van der Waals surface area (Å²) in [5.41, 5.74) is 6.39. The summed E-state index contributed by atoms with van der Waals surface area (Å²) in [6.07, 6.45) is 20.1. The number of ether oxygens (including phenoxy) is 13. The summed E-state index contributed by atoms with van der Waals surface area (Å²) in [6, 6.07) is 27.7. The molecule has 2 heterocycles. The number of carbonyl (C=O) groups is 8. The molecule has 0 saturated carbocycles. The number of halogens is 4. The van der Waals surface area contributed by atoms with Gasteiger partial charge in [-0.1, -0.05) is 96.8 Å². The van der Waals surface area contributed by atoms with Crippen molar-refractivity contribution in [3.63, 3.8) is 0 Å². The van der Waals surface area contributed by atoms with E-state index in [0.717, 1.165) is 136 Å². The molecular weight excluding hydrogens is 1680 g/mol. The van der Waals surface area contributed by atoms with E-state index in [4.69, 9.17) is 57.2 Å². The molecule has 0 amide bonds. The van der Waals surface area contributed by atoms with E-state index in [-0.39, 0.29) is 80.4 Å². The predicted octanol–water partition coefficient (Wildman–Crippen LogP) is 14.5. The number of methoxy groups -OCH3 is 1. The first kappa shape index (κ1) is 116. The van der Waals surface area contributed by atoms with E-state index in [1.165, 1.54) is 5.56 Å². The monoisotopic (exact) mass is 1830 g/mol. The Morgan fingerprint density at radius 2 is 0.798 bits per heavy atom. The number of rotatable bonds is 68. The molecule has 0 aliphatic heterocycles. The van der Waals surface area contributed by atoms with Gasteiger partial charge >= 0.3 is 59.6 Å². The number of likely N-dealkylation sites (N-methyl/N-ethyl adjacent to an activating group) is 3. The lowest BCUT2D eigenvalue weighted by molar-refractivity contribution is -0.248. The van der Waals surface area contributed by atoms with Crippen molar-refractivity contribution in [2.75, 3.05) is 187 Å². The van der Waals surface area contributed by atoms with Gasteiger partial charge in [0, 0.05) is 159 Å². The number of aromatic amines is 1. The van der Waals surface area contributed by atoms with Crippen molar-refractivity contribution in [1.82, 2.24) is 34.6 Å². The number of aryl methyl sites for hydroxylation is 1. The minimum atomic E-state index is -4.65. The molecular formula is C96H149F4N7O22. The number of aromatic nitrogens is 3. The molecule has 728 valence electrons. The molecule has 0 aliphatic carbocycles. The number of carbonyl (C=O) groups excluding carboxylic acids is 8. The van der Waals surface area contributed by atoms with Crippen LogP contribution in [0.1, 0.15) is 210 Å². The molecule has 2 aromatic heterocycles. The molecule has 0 fully saturated rings. The van der Waals surface area contributed by atoms with E-state index in [9.17, 15) is 55.9 Å². The van der Waals surface area contributed by atoms with Crippen LogP contribution in [0, 0.1) is 6.92 Å². The third-order valence-electron chi connectivity index (χ3n) is 19.9. The zero-order chi connectivity index (χ0) is 95.2. The van der Waals surface area contributed by atoms with Crippen LogP contribution in [-0.4, -0.2) is 286 Å². The molecule has 3 aromatic carbocycles. The Morgan fingerprint density at radius 1 is 0.411 bits per heavy atom. The van der Waals surface area contributed by atoms with Gasteiger partial charge in [-0.25, -0.2) is 4.98 Å². The van der Waals surface area contributed by atoms with Crippen LogP contribution in [-0.2, 0) is 110 Å². The summed E-state index contributed by atoms with van der Waals surface area (Å²) in [5, 5.41) is 8.70. The Kier molecular flexibility index (Phi) is 64.0. The lowest BCUT2D eigenvalue weighted by atomic mass is 9.78. The summed E-state index contributed by atoms with van der Waals surface area (Å²) >= 11 is 0. The van der Waals surface area contributed by atoms with Crippen LogP contribution in [0.2, 0.25) is 0 Å². The molecule has 0 radical (unpaired) electrons. The number of nitrogens with zero attached hydrogens (tertiary/aromatic N) is 6. The Morgan fingerprint density at radius 3 is 1.20 bits per heavy atom. The Balaban J connectivity index is 0.000000594. The highest BCUT2D eigenvalue weighted by molar-refractivity contribution is 5.72. The van der Waals surface area contributed by atoms with Crippen molar-refractivity contribution in [2.45, 2.75) is 220 Å². The van der Waals surface area contributed by atoms with Crippen LogP contribution < -0.4 is 14.2 Å². The second-order valence-electron chi connectivity index (χ2n) is 31.7. The second-order valence-corrected chi connectivity index (χ2v) is 31.7. The fourth-order valence-electron chi connectivity index (χ4n) is 11.8. The Bertz CT molecular complexity index is 3780. The van der Waals surface area contributed by atoms with Crippen LogP contribution >= 0.6 is 0 Å². The van der Waals surface area contributed by atoms with E-state index in [1.54, 1.807) is 44.6 Å². The van der Waals surface area contributed by atoms with Gasteiger partial charge in [0.1, 0.15) is 43.7 Å². The summed E-state index contributed by atoms with van der Waals surface area (Å²) in [6.45, 7) is 21.0. The van der Waals surface area contributed by atoms with Crippen LogP contribution in [0.3, 0.4) is 0 Å². The van der Waals surface area contributed by atoms with Gasteiger partial charge in [-0.3, -0.25) is 43.3 Å². The highest BCUT2D eigenvalue weighted by Crippen LogP contribution is 2.36. The average Bonchev–Trinajstić information content (AvgIpc) is 1.00. The summed E-state index contributed by atoms with van der Waals surface area (Å²) in [5.74, 6) is -10.0. The molecule has 29 nitrogen and oxygen atoms in total. The van der Waals surface area contributed by atoms with Gasteiger partial charge in [0.05, 0.1) is 65.5 Å². The number of pyridine rings is 1. The van der Waals surface area contributed by atoms with Crippen LogP contribution in [0.5, 0.6) is 17.2 Å².